The second kappa shape index (κ2) is 5.54. The monoisotopic (exact) mass is 331 g/mol. The van der Waals surface area contributed by atoms with Crippen LogP contribution in [0.15, 0.2) is 21.9 Å². The fraction of sp³-hybridized carbons (Fsp3) is 0.583. The first kappa shape index (κ1) is 17.3. The number of rotatable bonds is 4. The molecule has 1 aromatic heterocycles. The van der Waals surface area contributed by atoms with Crippen LogP contribution < -0.4 is 17.0 Å². The number of hydrogen-bond donors (Lipinski definition) is 6. The van der Waals surface area contributed by atoms with Gasteiger partial charge in [-0.1, -0.05) is 0 Å². The first-order chi connectivity index (χ1) is 10.6. The van der Waals surface area contributed by atoms with Gasteiger partial charge < -0.3 is 30.9 Å². The fourth-order valence-corrected chi connectivity index (χ4v) is 2.66. The predicted octanol–water partition coefficient (Wildman–Crippen LogP) is -3.90. The Balaban J connectivity index is 2.79. The molecule has 5 atom stereocenters. The average Bonchev–Trinajstić information content (AvgIpc) is 2.73. The highest BCUT2D eigenvalue weighted by Gasteiger charge is 2.66. The molecular weight excluding hydrogens is 314 g/mol. The van der Waals surface area contributed by atoms with E-state index < -0.39 is 53.4 Å². The number of nitrogens with one attached hydrogen (secondary N) is 1. The van der Waals surface area contributed by atoms with Gasteiger partial charge in [-0.2, -0.15) is 0 Å². The van der Waals surface area contributed by atoms with Crippen molar-refractivity contribution in [1.82, 2.24) is 9.55 Å². The van der Waals surface area contributed by atoms with Crippen LogP contribution in [0.25, 0.3) is 0 Å². The molecule has 11 heteroatoms. The van der Waals surface area contributed by atoms with Crippen molar-refractivity contribution in [1.29, 1.82) is 0 Å². The number of ether oxygens (including phenoxy) is 1. The van der Waals surface area contributed by atoms with Crippen LogP contribution in [0, 0.1) is 0 Å². The molecule has 1 fully saturated rings. The summed E-state index contributed by atoms with van der Waals surface area (Å²) in [6.45, 7) is 0.219. The lowest BCUT2D eigenvalue weighted by Gasteiger charge is -2.42. The third-order valence-corrected chi connectivity index (χ3v) is 3.99. The minimum atomic E-state index is -2.45. The molecule has 2 heterocycles. The number of aliphatic hydroxyl groups is 3. The van der Waals surface area contributed by atoms with Gasteiger partial charge in [0, 0.05) is 12.3 Å². The molecule has 7 N–H and O–H groups in total. The van der Waals surface area contributed by atoms with Gasteiger partial charge in [-0.15, -0.1) is 0 Å². The number of carboxylic acids is 1. The van der Waals surface area contributed by atoms with Gasteiger partial charge in [0.25, 0.3) is 5.56 Å². The summed E-state index contributed by atoms with van der Waals surface area (Å²) >= 11 is 0. The van der Waals surface area contributed by atoms with Gasteiger partial charge in [-0.05, 0) is 6.92 Å². The Hall–Kier alpha value is -2.05. The number of aliphatic carboxylic acids is 1. The zero-order valence-electron chi connectivity index (χ0n) is 12.0. The van der Waals surface area contributed by atoms with Crippen LogP contribution in [0.4, 0.5) is 0 Å². The Morgan fingerprint density at radius 2 is 2.13 bits per heavy atom. The highest BCUT2D eigenvalue weighted by molar-refractivity contribution is 5.79. The molecule has 0 saturated carbocycles. The van der Waals surface area contributed by atoms with Crippen LogP contribution in [-0.2, 0) is 15.3 Å². The lowest BCUT2D eigenvalue weighted by molar-refractivity contribution is -0.203. The third-order valence-electron chi connectivity index (χ3n) is 3.99. The molecule has 1 aliphatic heterocycles. The van der Waals surface area contributed by atoms with Gasteiger partial charge in [0.05, 0.1) is 6.61 Å². The Labute approximate surface area is 128 Å². The Kier molecular flexibility index (Phi) is 4.17. The maximum Gasteiger partial charge on any atom is 0.330 e. The number of nitrogens with zero attached hydrogens (tertiary/aromatic N) is 1. The van der Waals surface area contributed by atoms with Crippen molar-refractivity contribution in [3.8, 4) is 0 Å². The Bertz CT molecular complexity index is 726. The first-order valence-corrected chi connectivity index (χ1v) is 6.59. The minimum absolute atomic E-state index is 0.589. The molecule has 0 spiro atoms. The van der Waals surface area contributed by atoms with Gasteiger partial charge >= 0.3 is 11.7 Å². The van der Waals surface area contributed by atoms with Crippen molar-refractivity contribution in [2.24, 2.45) is 5.73 Å². The van der Waals surface area contributed by atoms with Crippen molar-refractivity contribution in [2.45, 2.75) is 36.5 Å². The number of aromatic amines is 1. The molecule has 128 valence electrons. The average molecular weight is 331 g/mol. The summed E-state index contributed by atoms with van der Waals surface area (Å²) in [7, 11) is 0. The number of nitrogens with two attached hydrogens (primary N) is 1. The van der Waals surface area contributed by atoms with E-state index in [1.165, 1.54) is 0 Å². The predicted molar refractivity (Wildman–Crippen MR) is 73.5 cm³/mol. The summed E-state index contributed by atoms with van der Waals surface area (Å²) in [6.07, 6.45) is -4.16. The summed E-state index contributed by atoms with van der Waals surface area (Å²) in [6, 6.07) is 0.899. The second-order valence-corrected chi connectivity index (χ2v) is 5.46. The smallest absolute Gasteiger partial charge is 0.330 e. The van der Waals surface area contributed by atoms with Crippen molar-refractivity contribution in [3.05, 3.63) is 33.1 Å². The topological polar surface area (TPSA) is 188 Å². The van der Waals surface area contributed by atoms with Crippen LogP contribution in [0.5, 0.6) is 0 Å². The Morgan fingerprint density at radius 1 is 1.52 bits per heavy atom. The number of hydrogen-bond acceptors (Lipinski definition) is 8. The minimum Gasteiger partial charge on any atom is -0.480 e. The van der Waals surface area contributed by atoms with E-state index in [0.29, 0.717) is 4.57 Å². The van der Waals surface area contributed by atoms with Gasteiger partial charge in [-0.25, -0.2) is 4.79 Å². The zero-order valence-corrected chi connectivity index (χ0v) is 12.0. The summed E-state index contributed by atoms with van der Waals surface area (Å²) in [4.78, 5) is 36.7. The van der Waals surface area contributed by atoms with Crippen LogP contribution in [0.2, 0.25) is 0 Å². The van der Waals surface area contributed by atoms with E-state index in [-0.39, 0.29) is 0 Å². The number of carbonyl (C=O) groups is 1. The van der Waals surface area contributed by atoms with E-state index in [1.54, 1.807) is 0 Å². The van der Waals surface area contributed by atoms with Gasteiger partial charge in [0.2, 0.25) is 5.72 Å². The molecule has 11 nitrogen and oxygen atoms in total. The standard InChI is InChI=1S/C12H17N3O8/c1-11(13,9(20)21)12(8(19)7(18)5(4-16)23-12)15-3-2-6(17)14-10(15)22/h2-3,5,7-8,16,18-19H,4,13H2,1H3,(H,20,21)(H,14,17,22)/t5-,7-,8-,11?,12+/m1/s1. The maximum absolute atomic E-state index is 12.1. The molecule has 2 rings (SSSR count). The van der Waals surface area contributed by atoms with E-state index in [1.807, 2.05) is 4.98 Å². The molecule has 0 aromatic carbocycles. The summed E-state index contributed by atoms with van der Waals surface area (Å²) < 4.78 is 5.93. The summed E-state index contributed by atoms with van der Waals surface area (Å²) in [5.41, 5.74) is -0.920. The number of carboxylic acid groups (broad SMARTS) is 1. The normalized spacial score (nSPS) is 33.3. The van der Waals surface area contributed by atoms with Crippen molar-refractivity contribution < 1.29 is 30.0 Å². The van der Waals surface area contributed by atoms with Crippen molar-refractivity contribution in [2.75, 3.05) is 6.61 Å². The molecule has 0 amide bonds. The zero-order chi connectivity index (χ0) is 17.6. The van der Waals surface area contributed by atoms with Crippen LogP contribution in [0.3, 0.4) is 0 Å². The summed E-state index contributed by atoms with van der Waals surface area (Å²) in [5, 5.41) is 38.9. The largest absolute Gasteiger partial charge is 0.480 e. The molecule has 0 aliphatic carbocycles. The first-order valence-electron chi connectivity index (χ1n) is 6.59. The van der Waals surface area contributed by atoms with E-state index in [2.05, 4.69) is 0 Å². The molecule has 1 unspecified atom stereocenters. The molecule has 1 aliphatic rings. The highest BCUT2D eigenvalue weighted by atomic mass is 16.6. The van der Waals surface area contributed by atoms with E-state index in [9.17, 15) is 34.8 Å². The van der Waals surface area contributed by atoms with E-state index in [4.69, 9.17) is 10.5 Å². The SMILES string of the molecule is CC(N)(C(=O)O)[C@@]1(n2ccc(=O)[nH]c2=O)O[C@H](CO)[C@@H](O)[C@H]1O. The molecule has 0 bridgehead atoms. The van der Waals surface area contributed by atoms with Crippen LogP contribution in [0.1, 0.15) is 6.92 Å². The molecular formula is C12H17N3O8. The van der Waals surface area contributed by atoms with Gasteiger partial charge in [0.15, 0.2) is 5.54 Å². The van der Waals surface area contributed by atoms with Crippen molar-refractivity contribution >= 4 is 5.97 Å². The lowest BCUT2D eigenvalue weighted by atomic mass is 9.83. The van der Waals surface area contributed by atoms with Crippen molar-refractivity contribution in [3.63, 3.8) is 0 Å². The highest BCUT2D eigenvalue weighted by Crippen LogP contribution is 2.41. The molecule has 0 radical (unpaired) electrons. The van der Waals surface area contributed by atoms with Crippen LogP contribution >= 0.6 is 0 Å². The second-order valence-electron chi connectivity index (χ2n) is 5.46. The lowest BCUT2D eigenvalue weighted by Crippen LogP contribution is -2.71. The van der Waals surface area contributed by atoms with E-state index >= 15 is 0 Å². The number of aliphatic hydroxyl groups excluding tert-OH is 3. The molecule has 23 heavy (non-hydrogen) atoms. The maximum atomic E-state index is 12.1. The van der Waals surface area contributed by atoms with Gasteiger partial charge in [0.1, 0.15) is 18.3 Å². The third kappa shape index (κ3) is 2.29. The molecule has 1 saturated heterocycles. The summed E-state index contributed by atoms with van der Waals surface area (Å²) in [5.74, 6) is -1.64. The number of aromatic nitrogens is 2. The van der Waals surface area contributed by atoms with Gasteiger partial charge in [-0.3, -0.25) is 19.1 Å². The number of H-pyrrole nitrogens is 1. The quantitative estimate of drug-likeness (QED) is 0.320. The van der Waals surface area contributed by atoms with E-state index in [0.717, 1.165) is 19.2 Å². The Morgan fingerprint density at radius 3 is 2.57 bits per heavy atom. The fourth-order valence-electron chi connectivity index (χ4n) is 2.66. The van der Waals surface area contributed by atoms with Crippen LogP contribution in [-0.4, -0.2) is 66.4 Å². The molecule has 1 aromatic rings.